The van der Waals surface area contributed by atoms with Crippen molar-refractivity contribution in [2.24, 2.45) is 0 Å². The summed E-state index contributed by atoms with van der Waals surface area (Å²) in [7, 11) is 0. The summed E-state index contributed by atoms with van der Waals surface area (Å²) in [5, 5.41) is 13.2. The smallest absolute Gasteiger partial charge is 0.00199 e. The molecular weight excluding hydrogens is 456 g/mol. The molecule has 0 aromatic heterocycles. The van der Waals surface area contributed by atoms with Gasteiger partial charge in [-0.15, -0.1) is 0 Å². The summed E-state index contributed by atoms with van der Waals surface area (Å²) in [6.07, 6.45) is 8.28. The Bertz CT molecular complexity index is 2060. The first kappa shape index (κ1) is 21.6. The Labute approximate surface area is 222 Å². The van der Waals surface area contributed by atoms with Crippen LogP contribution in [0.1, 0.15) is 30.7 Å². The number of hydrogen-bond acceptors (Lipinski definition) is 0. The van der Waals surface area contributed by atoms with Crippen LogP contribution in [0.3, 0.4) is 0 Å². The SMILES string of the molecule is C1=CCC(c2ccc3cc(-c4cc5c6ccccc6c6ccccc6c5c5ccccc45)ccc3c2)CC1. The van der Waals surface area contributed by atoms with Crippen LogP contribution >= 0.6 is 0 Å². The second-order valence-corrected chi connectivity index (χ2v) is 10.8. The number of hydrogen-bond donors (Lipinski definition) is 0. The Kier molecular flexibility index (Phi) is 4.88. The minimum atomic E-state index is 0.650. The maximum Gasteiger partial charge on any atom is -0.00199 e. The molecule has 8 rings (SSSR count). The molecule has 7 aromatic carbocycles. The Hall–Kier alpha value is -4.42. The quantitative estimate of drug-likeness (QED) is 0.169. The number of benzene rings is 7. The normalized spacial score (nSPS) is 15.7. The predicted molar refractivity (Wildman–Crippen MR) is 165 cm³/mol. The predicted octanol–water partition coefficient (Wildman–Crippen LogP) is 10.9. The Balaban J connectivity index is 1.40. The molecular formula is C38H28. The van der Waals surface area contributed by atoms with Gasteiger partial charge in [-0.05, 0) is 108 Å². The molecule has 38 heavy (non-hydrogen) atoms. The molecule has 1 atom stereocenters. The molecule has 1 aliphatic carbocycles. The monoisotopic (exact) mass is 484 g/mol. The van der Waals surface area contributed by atoms with Crippen molar-refractivity contribution in [2.75, 3.05) is 0 Å². The van der Waals surface area contributed by atoms with Crippen molar-refractivity contribution < 1.29 is 0 Å². The second kappa shape index (κ2) is 8.57. The minimum absolute atomic E-state index is 0.650. The fraction of sp³-hybridized carbons (Fsp3) is 0.105. The molecule has 1 unspecified atom stereocenters. The zero-order valence-corrected chi connectivity index (χ0v) is 21.3. The lowest BCUT2D eigenvalue weighted by Crippen LogP contribution is -2.00. The third-order valence-corrected chi connectivity index (χ3v) is 8.66. The largest absolute Gasteiger partial charge is 0.0885 e. The summed E-state index contributed by atoms with van der Waals surface area (Å²) < 4.78 is 0. The average Bonchev–Trinajstić information content (AvgIpc) is 3.00. The van der Waals surface area contributed by atoms with Crippen molar-refractivity contribution in [1.82, 2.24) is 0 Å². The highest BCUT2D eigenvalue weighted by Gasteiger charge is 2.16. The van der Waals surface area contributed by atoms with E-state index in [-0.39, 0.29) is 0 Å². The molecule has 0 radical (unpaired) electrons. The summed E-state index contributed by atoms with van der Waals surface area (Å²) >= 11 is 0. The molecule has 0 saturated carbocycles. The van der Waals surface area contributed by atoms with E-state index >= 15 is 0 Å². The van der Waals surface area contributed by atoms with E-state index in [4.69, 9.17) is 0 Å². The first-order valence-electron chi connectivity index (χ1n) is 13.8. The highest BCUT2D eigenvalue weighted by Crippen LogP contribution is 2.43. The van der Waals surface area contributed by atoms with Crippen LogP contribution in [0.5, 0.6) is 0 Å². The van der Waals surface area contributed by atoms with Gasteiger partial charge in [0, 0.05) is 0 Å². The molecule has 0 saturated heterocycles. The Morgan fingerprint density at radius 1 is 0.474 bits per heavy atom. The average molecular weight is 485 g/mol. The van der Waals surface area contributed by atoms with Gasteiger partial charge in [-0.3, -0.25) is 0 Å². The highest BCUT2D eigenvalue weighted by atomic mass is 14.2. The standard InChI is InChI=1S/C38H28/c1-2-10-25(11-3-1)26-18-19-28-23-29(21-20-27(28)22-26)36-24-37-32-14-5-4-12-30(32)31-13-6-8-16-34(31)38(37)35-17-9-7-15-33(35)36/h1-2,4-9,12-25H,3,10-11H2. The van der Waals surface area contributed by atoms with Crippen molar-refractivity contribution >= 4 is 53.9 Å². The van der Waals surface area contributed by atoms with Gasteiger partial charge < -0.3 is 0 Å². The second-order valence-electron chi connectivity index (χ2n) is 10.8. The summed E-state index contributed by atoms with van der Waals surface area (Å²) in [5.74, 6) is 0.650. The number of allylic oxidation sites excluding steroid dienone is 2. The fourth-order valence-corrected chi connectivity index (χ4v) is 6.79. The topological polar surface area (TPSA) is 0 Å². The molecule has 0 heteroatoms. The first-order valence-corrected chi connectivity index (χ1v) is 13.8. The van der Waals surface area contributed by atoms with Crippen molar-refractivity contribution in [2.45, 2.75) is 25.2 Å². The van der Waals surface area contributed by atoms with Gasteiger partial charge in [0.05, 0.1) is 0 Å². The summed E-state index contributed by atoms with van der Waals surface area (Å²) in [6, 6.07) is 43.3. The Morgan fingerprint density at radius 2 is 1.08 bits per heavy atom. The van der Waals surface area contributed by atoms with Crippen LogP contribution in [-0.4, -0.2) is 0 Å². The van der Waals surface area contributed by atoms with Crippen LogP contribution in [0, 0.1) is 0 Å². The molecule has 0 nitrogen and oxygen atoms in total. The van der Waals surface area contributed by atoms with Crippen molar-refractivity contribution in [3.8, 4) is 11.1 Å². The zero-order chi connectivity index (χ0) is 25.1. The molecule has 0 heterocycles. The van der Waals surface area contributed by atoms with Gasteiger partial charge >= 0.3 is 0 Å². The summed E-state index contributed by atoms with van der Waals surface area (Å²) in [5.41, 5.74) is 4.06. The van der Waals surface area contributed by atoms with Gasteiger partial charge in [-0.1, -0.05) is 115 Å². The summed E-state index contributed by atoms with van der Waals surface area (Å²) in [4.78, 5) is 0. The fourth-order valence-electron chi connectivity index (χ4n) is 6.79. The van der Waals surface area contributed by atoms with E-state index in [1.54, 1.807) is 0 Å². The molecule has 0 amide bonds. The maximum atomic E-state index is 2.44. The van der Waals surface area contributed by atoms with Crippen molar-refractivity contribution in [3.05, 3.63) is 133 Å². The van der Waals surface area contributed by atoms with Crippen LogP contribution in [-0.2, 0) is 0 Å². The lowest BCUT2D eigenvalue weighted by Gasteiger charge is -2.19. The van der Waals surface area contributed by atoms with Crippen molar-refractivity contribution in [1.29, 1.82) is 0 Å². The van der Waals surface area contributed by atoms with Gasteiger partial charge in [0.1, 0.15) is 0 Å². The highest BCUT2D eigenvalue weighted by molar-refractivity contribution is 6.33. The van der Waals surface area contributed by atoms with Crippen molar-refractivity contribution in [3.63, 3.8) is 0 Å². The van der Waals surface area contributed by atoms with E-state index in [0.29, 0.717) is 5.92 Å². The van der Waals surface area contributed by atoms with E-state index in [0.717, 1.165) is 6.42 Å². The van der Waals surface area contributed by atoms with E-state index in [2.05, 4.69) is 127 Å². The number of fused-ring (bicyclic) bond motifs is 9. The van der Waals surface area contributed by atoms with E-state index in [1.807, 2.05) is 0 Å². The van der Waals surface area contributed by atoms with Crippen LogP contribution < -0.4 is 0 Å². The van der Waals surface area contributed by atoms with Crippen LogP contribution in [0.4, 0.5) is 0 Å². The van der Waals surface area contributed by atoms with Gasteiger partial charge in [0.15, 0.2) is 0 Å². The van der Waals surface area contributed by atoms with Gasteiger partial charge in [0.2, 0.25) is 0 Å². The minimum Gasteiger partial charge on any atom is -0.0885 e. The van der Waals surface area contributed by atoms with Gasteiger partial charge in [-0.25, -0.2) is 0 Å². The molecule has 0 aliphatic heterocycles. The Morgan fingerprint density at radius 3 is 1.82 bits per heavy atom. The maximum absolute atomic E-state index is 2.44. The first-order chi connectivity index (χ1) is 18.8. The third-order valence-electron chi connectivity index (χ3n) is 8.66. The van der Waals surface area contributed by atoms with Crippen LogP contribution in [0.15, 0.2) is 127 Å². The van der Waals surface area contributed by atoms with Crippen LogP contribution in [0.25, 0.3) is 65.0 Å². The van der Waals surface area contributed by atoms with Crippen LogP contribution in [0.2, 0.25) is 0 Å². The molecule has 180 valence electrons. The molecule has 7 aromatic rings. The zero-order valence-electron chi connectivity index (χ0n) is 21.3. The van der Waals surface area contributed by atoms with E-state index in [9.17, 15) is 0 Å². The summed E-state index contributed by atoms with van der Waals surface area (Å²) in [6.45, 7) is 0. The van der Waals surface area contributed by atoms with Gasteiger partial charge in [-0.2, -0.15) is 0 Å². The third kappa shape index (κ3) is 3.30. The number of rotatable bonds is 2. The lowest BCUT2D eigenvalue weighted by atomic mass is 9.86. The van der Waals surface area contributed by atoms with Gasteiger partial charge in [0.25, 0.3) is 0 Å². The van der Waals surface area contributed by atoms with E-state index in [1.165, 1.54) is 83.4 Å². The molecule has 0 spiro atoms. The molecule has 0 bridgehead atoms. The lowest BCUT2D eigenvalue weighted by molar-refractivity contribution is 0.618. The molecule has 0 fully saturated rings. The molecule has 0 N–H and O–H groups in total. The van der Waals surface area contributed by atoms with E-state index < -0.39 is 0 Å². The molecule has 1 aliphatic rings.